The fraction of sp³-hybridized carbons (Fsp3) is 0.647. The summed E-state index contributed by atoms with van der Waals surface area (Å²) >= 11 is 0. The van der Waals surface area contributed by atoms with Crippen LogP contribution in [0.2, 0.25) is 0 Å². The Morgan fingerprint density at radius 1 is 1.14 bits per heavy atom. The minimum Gasteiger partial charge on any atom is -0.493 e. The zero-order chi connectivity index (χ0) is 14.9. The van der Waals surface area contributed by atoms with E-state index in [1.54, 1.807) is 14.2 Å². The monoisotopic (exact) mass is 291 g/mol. The minimum atomic E-state index is -0.0549. The Hall–Kier alpha value is -1.26. The van der Waals surface area contributed by atoms with Crippen LogP contribution in [0.3, 0.4) is 0 Å². The topological polar surface area (TPSA) is 41.9 Å². The number of aliphatic hydroxyl groups excluding tert-OH is 1. The fourth-order valence-electron chi connectivity index (χ4n) is 3.66. The third kappa shape index (κ3) is 2.74. The number of piperidine rings is 1. The van der Waals surface area contributed by atoms with Crippen molar-refractivity contribution >= 4 is 0 Å². The standard InChI is InChI=1S/C17H25NO3/c1-20-14-4-3-13(11-15(14)21-2)12-18-9-7-17(8-10-18)6-5-16(17)19/h3-4,11,16,19H,5-10,12H2,1-2H3. The number of hydrogen-bond donors (Lipinski definition) is 1. The smallest absolute Gasteiger partial charge is 0.161 e. The first-order valence-electron chi connectivity index (χ1n) is 7.78. The van der Waals surface area contributed by atoms with E-state index in [0.29, 0.717) is 0 Å². The van der Waals surface area contributed by atoms with Gasteiger partial charge in [-0.1, -0.05) is 6.07 Å². The summed E-state index contributed by atoms with van der Waals surface area (Å²) < 4.78 is 10.6. The van der Waals surface area contributed by atoms with Crippen LogP contribution in [0.15, 0.2) is 18.2 Å². The predicted molar refractivity (Wildman–Crippen MR) is 81.7 cm³/mol. The summed E-state index contributed by atoms with van der Waals surface area (Å²) in [6, 6.07) is 6.13. The molecule has 1 aliphatic heterocycles. The van der Waals surface area contributed by atoms with Crippen LogP contribution in [0, 0.1) is 5.41 Å². The number of rotatable bonds is 4. The summed E-state index contributed by atoms with van der Waals surface area (Å²) in [5, 5.41) is 9.98. The van der Waals surface area contributed by atoms with E-state index in [0.717, 1.165) is 50.4 Å². The maximum absolute atomic E-state index is 9.98. The second-order valence-corrected chi connectivity index (χ2v) is 6.38. The fourth-order valence-corrected chi connectivity index (χ4v) is 3.66. The maximum Gasteiger partial charge on any atom is 0.161 e. The van der Waals surface area contributed by atoms with Crippen LogP contribution in [0.5, 0.6) is 11.5 Å². The first kappa shape index (κ1) is 14.7. The third-order valence-corrected chi connectivity index (χ3v) is 5.33. The summed E-state index contributed by atoms with van der Waals surface area (Å²) in [6.45, 7) is 3.09. The molecule has 1 aromatic rings. The van der Waals surface area contributed by atoms with Gasteiger partial charge in [-0.25, -0.2) is 0 Å². The number of methoxy groups -OCH3 is 2. The van der Waals surface area contributed by atoms with Crippen LogP contribution in [-0.4, -0.2) is 43.4 Å². The molecule has 1 N–H and O–H groups in total. The van der Waals surface area contributed by atoms with Crippen molar-refractivity contribution in [2.75, 3.05) is 27.3 Å². The molecule has 4 heteroatoms. The molecule has 1 aliphatic carbocycles. The molecular formula is C17H25NO3. The summed E-state index contributed by atoms with van der Waals surface area (Å²) in [5.41, 5.74) is 1.49. The first-order chi connectivity index (χ1) is 10.2. The summed E-state index contributed by atoms with van der Waals surface area (Å²) in [7, 11) is 3.33. The second kappa shape index (κ2) is 5.85. The lowest BCUT2D eigenvalue weighted by molar-refractivity contribution is -0.100. The summed E-state index contributed by atoms with van der Waals surface area (Å²) in [5.74, 6) is 1.56. The van der Waals surface area contributed by atoms with E-state index in [4.69, 9.17) is 9.47 Å². The van der Waals surface area contributed by atoms with Gasteiger partial charge in [0.05, 0.1) is 20.3 Å². The molecule has 1 heterocycles. The van der Waals surface area contributed by atoms with Gasteiger partial charge in [0.15, 0.2) is 11.5 Å². The summed E-state index contributed by atoms with van der Waals surface area (Å²) in [4.78, 5) is 2.47. The van der Waals surface area contributed by atoms with Crippen LogP contribution in [0.1, 0.15) is 31.2 Å². The van der Waals surface area contributed by atoms with Crippen LogP contribution >= 0.6 is 0 Å². The van der Waals surface area contributed by atoms with Crippen molar-refractivity contribution in [1.29, 1.82) is 0 Å². The second-order valence-electron chi connectivity index (χ2n) is 6.38. The van der Waals surface area contributed by atoms with E-state index < -0.39 is 0 Å². The SMILES string of the molecule is COc1ccc(CN2CCC3(CCC3O)CC2)cc1OC. The largest absolute Gasteiger partial charge is 0.493 e. The number of likely N-dealkylation sites (tertiary alicyclic amines) is 1. The lowest BCUT2D eigenvalue weighted by atomic mass is 9.61. The van der Waals surface area contributed by atoms with E-state index >= 15 is 0 Å². The highest BCUT2D eigenvalue weighted by Gasteiger charge is 2.47. The van der Waals surface area contributed by atoms with E-state index in [2.05, 4.69) is 17.0 Å². The molecule has 0 amide bonds. The van der Waals surface area contributed by atoms with E-state index in [1.807, 2.05) is 6.07 Å². The van der Waals surface area contributed by atoms with Crippen molar-refractivity contribution in [3.8, 4) is 11.5 Å². The van der Waals surface area contributed by atoms with Crippen molar-refractivity contribution in [3.05, 3.63) is 23.8 Å². The van der Waals surface area contributed by atoms with Crippen molar-refractivity contribution in [2.45, 2.75) is 38.3 Å². The molecular weight excluding hydrogens is 266 g/mol. The van der Waals surface area contributed by atoms with Gasteiger partial charge in [0.1, 0.15) is 0 Å². The van der Waals surface area contributed by atoms with Gasteiger partial charge in [-0.05, 0) is 61.9 Å². The van der Waals surface area contributed by atoms with Gasteiger partial charge >= 0.3 is 0 Å². The number of aliphatic hydroxyl groups is 1. The van der Waals surface area contributed by atoms with Crippen molar-refractivity contribution < 1.29 is 14.6 Å². The summed E-state index contributed by atoms with van der Waals surface area (Å²) in [6.07, 6.45) is 4.40. The number of benzene rings is 1. The zero-order valence-corrected chi connectivity index (χ0v) is 13.0. The average Bonchev–Trinajstić information content (AvgIpc) is 2.54. The first-order valence-corrected chi connectivity index (χ1v) is 7.78. The van der Waals surface area contributed by atoms with Crippen molar-refractivity contribution in [1.82, 2.24) is 4.90 Å². The molecule has 2 fully saturated rings. The van der Waals surface area contributed by atoms with Gasteiger partial charge in [0.2, 0.25) is 0 Å². The molecule has 0 bridgehead atoms. The lowest BCUT2D eigenvalue weighted by Crippen LogP contribution is -2.51. The third-order valence-electron chi connectivity index (χ3n) is 5.33. The number of hydrogen-bond acceptors (Lipinski definition) is 4. The molecule has 0 radical (unpaired) electrons. The van der Waals surface area contributed by atoms with Crippen LogP contribution < -0.4 is 9.47 Å². The highest BCUT2D eigenvalue weighted by molar-refractivity contribution is 5.42. The predicted octanol–water partition coefficient (Wildman–Crippen LogP) is 2.44. The van der Waals surface area contributed by atoms with Crippen molar-refractivity contribution in [2.24, 2.45) is 5.41 Å². The number of nitrogens with zero attached hydrogens (tertiary/aromatic N) is 1. The Bertz CT molecular complexity index is 495. The Kier molecular flexibility index (Phi) is 4.09. The molecule has 1 unspecified atom stereocenters. The zero-order valence-electron chi connectivity index (χ0n) is 13.0. The highest BCUT2D eigenvalue weighted by atomic mass is 16.5. The van der Waals surface area contributed by atoms with Crippen LogP contribution in [0.4, 0.5) is 0 Å². The Balaban J connectivity index is 1.60. The van der Waals surface area contributed by atoms with Gasteiger partial charge in [-0.3, -0.25) is 4.90 Å². The van der Waals surface area contributed by atoms with E-state index in [1.165, 1.54) is 12.0 Å². The average molecular weight is 291 g/mol. The normalized spacial score (nSPS) is 24.6. The van der Waals surface area contributed by atoms with Crippen molar-refractivity contribution in [3.63, 3.8) is 0 Å². The molecule has 1 atom stereocenters. The molecule has 1 spiro atoms. The molecule has 3 rings (SSSR count). The molecule has 116 valence electrons. The minimum absolute atomic E-state index is 0.0549. The Morgan fingerprint density at radius 3 is 2.38 bits per heavy atom. The van der Waals surface area contributed by atoms with E-state index in [9.17, 15) is 5.11 Å². The van der Waals surface area contributed by atoms with Gasteiger partial charge in [-0.2, -0.15) is 0 Å². The maximum atomic E-state index is 9.98. The molecule has 1 saturated carbocycles. The van der Waals surface area contributed by atoms with Gasteiger partial charge in [0.25, 0.3) is 0 Å². The molecule has 1 aromatic carbocycles. The van der Waals surface area contributed by atoms with Gasteiger partial charge < -0.3 is 14.6 Å². The Morgan fingerprint density at radius 2 is 1.86 bits per heavy atom. The van der Waals surface area contributed by atoms with E-state index in [-0.39, 0.29) is 11.5 Å². The molecule has 1 saturated heterocycles. The van der Waals surface area contributed by atoms with Crippen LogP contribution in [-0.2, 0) is 6.54 Å². The highest BCUT2D eigenvalue weighted by Crippen LogP contribution is 2.49. The molecule has 4 nitrogen and oxygen atoms in total. The lowest BCUT2D eigenvalue weighted by Gasteiger charge is -2.51. The molecule has 21 heavy (non-hydrogen) atoms. The van der Waals surface area contributed by atoms with Crippen LogP contribution in [0.25, 0.3) is 0 Å². The Labute approximate surface area is 126 Å². The molecule has 0 aromatic heterocycles. The number of ether oxygens (including phenoxy) is 2. The van der Waals surface area contributed by atoms with Gasteiger partial charge in [0, 0.05) is 6.54 Å². The molecule has 2 aliphatic rings. The quantitative estimate of drug-likeness (QED) is 0.925. The van der Waals surface area contributed by atoms with Gasteiger partial charge in [-0.15, -0.1) is 0 Å².